The van der Waals surface area contributed by atoms with Crippen LogP contribution in [0, 0.1) is 11.3 Å². The Morgan fingerprint density at radius 1 is 1.37 bits per heavy atom. The lowest BCUT2D eigenvalue weighted by atomic mass is 10.2. The number of nitriles is 1. The second kappa shape index (κ2) is 5.65. The van der Waals surface area contributed by atoms with Gasteiger partial charge in [-0.1, -0.05) is 12.1 Å². The number of para-hydroxylation sites is 1. The molecular formula is C14H11N3O2. The number of carbonyl (C=O) groups is 1. The summed E-state index contributed by atoms with van der Waals surface area (Å²) in [4.78, 5) is 15.6. The summed E-state index contributed by atoms with van der Waals surface area (Å²) in [7, 11) is 0. The second-order valence-electron chi connectivity index (χ2n) is 3.82. The van der Waals surface area contributed by atoms with Crippen molar-refractivity contribution in [3.8, 4) is 6.07 Å². The van der Waals surface area contributed by atoms with Gasteiger partial charge in [0.05, 0.1) is 5.56 Å². The summed E-state index contributed by atoms with van der Waals surface area (Å²) in [5.74, 6) is -0.492. The number of anilines is 1. The molecule has 0 aliphatic heterocycles. The first-order valence-electron chi connectivity index (χ1n) is 5.57. The number of aromatic nitrogens is 1. The molecule has 5 heteroatoms. The molecular weight excluding hydrogens is 242 g/mol. The molecule has 0 amide bonds. The molecule has 1 aromatic carbocycles. The highest BCUT2D eigenvalue weighted by Crippen LogP contribution is 2.13. The van der Waals surface area contributed by atoms with Crippen LogP contribution in [0.4, 0.5) is 5.69 Å². The van der Waals surface area contributed by atoms with Crippen LogP contribution in [0.3, 0.4) is 0 Å². The van der Waals surface area contributed by atoms with Gasteiger partial charge < -0.3 is 10.5 Å². The molecule has 0 unspecified atom stereocenters. The zero-order chi connectivity index (χ0) is 13.7. The normalized spacial score (nSPS) is 9.63. The van der Waals surface area contributed by atoms with Gasteiger partial charge in [0.2, 0.25) is 0 Å². The van der Waals surface area contributed by atoms with Gasteiger partial charge in [0.1, 0.15) is 18.4 Å². The predicted octanol–water partition coefficient (Wildman–Crippen LogP) is 1.89. The van der Waals surface area contributed by atoms with E-state index in [1.807, 2.05) is 6.07 Å². The molecule has 94 valence electrons. The molecule has 0 spiro atoms. The number of esters is 1. The van der Waals surface area contributed by atoms with Gasteiger partial charge in [-0.05, 0) is 29.8 Å². The zero-order valence-corrected chi connectivity index (χ0v) is 10.0. The largest absolute Gasteiger partial charge is 0.457 e. The fourth-order valence-corrected chi connectivity index (χ4v) is 1.53. The predicted molar refractivity (Wildman–Crippen MR) is 68.9 cm³/mol. The van der Waals surface area contributed by atoms with Crippen molar-refractivity contribution < 1.29 is 9.53 Å². The van der Waals surface area contributed by atoms with Gasteiger partial charge in [-0.15, -0.1) is 0 Å². The van der Waals surface area contributed by atoms with Crippen LogP contribution in [0.1, 0.15) is 21.6 Å². The Morgan fingerprint density at radius 3 is 2.89 bits per heavy atom. The highest BCUT2D eigenvalue weighted by atomic mass is 16.5. The van der Waals surface area contributed by atoms with Gasteiger partial charge in [-0.3, -0.25) is 0 Å². The van der Waals surface area contributed by atoms with E-state index in [0.29, 0.717) is 16.8 Å². The fraction of sp³-hybridized carbons (Fsp3) is 0.0714. The lowest BCUT2D eigenvalue weighted by Gasteiger charge is -2.06. The Kier molecular flexibility index (Phi) is 3.74. The van der Waals surface area contributed by atoms with E-state index in [1.165, 1.54) is 6.20 Å². The number of carbonyl (C=O) groups excluding carboxylic acids is 1. The molecule has 2 aromatic rings. The standard InChI is InChI=1S/C14H11N3O2/c15-8-11-7-10(5-6-17-11)9-19-14(18)12-3-1-2-4-13(12)16/h1-7H,9,16H2. The molecule has 0 fully saturated rings. The first-order valence-corrected chi connectivity index (χ1v) is 5.57. The lowest BCUT2D eigenvalue weighted by Crippen LogP contribution is -2.08. The maximum Gasteiger partial charge on any atom is 0.340 e. The molecule has 2 rings (SSSR count). The molecule has 0 saturated carbocycles. The maximum atomic E-state index is 11.8. The lowest BCUT2D eigenvalue weighted by molar-refractivity contribution is 0.0474. The van der Waals surface area contributed by atoms with Gasteiger partial charge >= 0.3 is 5.97 Å². The molecule has 1 aromatic heterocycles. The van der Waals surface area contributed by atoms with E-state index in [1.54, 1.807) is 36.4 Å². The minimum absolute atomic E-state index is 0.0738. The van der Waals surface area contributed by atoms with Crippen LogP contribution < -0.4 is 5.73 Å². The second-order valence-corrected chi connectivity index (χ2v) is 3.82. The van der Waals surface area contributed by atoms with Gasteiger partial charge in [0, 0.05) is 11.9 Å². The molecule has 0 saturated heterocycles. The quantitative estimate of drug-likeness (QED) is 0.666. The first-order chi connectivity index (χ1) is 9.20. The maximum absolute atomic E-state index is 11.8. The van der Waals surface area contributed by atoms with Crippen LogP contribution in [-0.4, -0.2) is 11.0 Å². The van der Waals surface area contributed by atoms with Crippen LogP contribution >= 0.6 is 0 Å². The third-order valence-electron chi connectivity index (χ3n) is 2.49. The number of rotatable bonds is 3. The first kappa shape index (κ1) is 12.6. The number of nitrogens with two attached hydrogens (primary N) is 1. The van der Waals surface area contributed by atoms with Crippen LogP contribution in [0.15, 0.2) is 42.6 Å². The Bertz CT molecular complexity index is 647. The number of hydrogen-bond acceptors (Lipinski definition) is 5. The fourth-order valence-electron chi connectivity index (χ4n) is 1.53. The summed E-state index contributed by atoms with van der Waals surface area (Å²) < 4.78 is 5.14. The summed E-state index contributed by atoms with van der Waals surface area (Å²) >= 11 is 0. The minimum Gasteiger partial charge on any atom is -0.457 e. The highest BCUT2D eigenvalue weighted by Gasteiger charge is 2.10. The Labute approximate surface area is 110 Å². The average molecular weight is 253 g/mol. The number of pyridine rings is 1. The van der Waals surface area contributed by atoms with Gasteiger partial charge in [0.25, 0.3) is 0 Å². The molecule has 0 aliphatic carbocycles. The molecule has 0 radical (unpaired) electrons. The molecule has 0 atom stereocenters. The topological polar surface area (TPSA) is 89.0 Å². The summed E-state index contributed by atoms with van der Waals surface area (Å²) in [6.07, 6.45) is 1.50. The van der Waals surface area contributed by atoms with Crippen molar-refractivity contribution in [2.75, 3.05) is 5.73 Å². The van der Waals surface area contributed by atoms with E-state index >= 15 is 0 Å². The van der Waals surface area contributed by atoms with Crippen LogP contribution in [0.2, 0.25) is 0 Å². The van der Waals surface area contributed by atoms with Crippen molar-refractivity contribution in [1.29, 1.82) is 5.26 Å². The number of nitrogen functional groups attached to an aromatic ring is 1. The van der Waals surface area contributed by atoms with Crippen molar-refractivity contribution in [2.45, 2.75) is 6.61 Å². The van der Waals surface area contributed by atoms with Crippen LogP contribution in [-0.2, 0) is 11.3 Å². The van der Waals surface area contributed by atoms with Crippen molar-refractivity contribution in [3.05, 3.63) is 59.4 Å². The minimum atomic E-state index is -0.492. The van der Waals surface area contributed by atoms with Gasteiger partial charge in [-0.2, -0.15) is 5.26 Å². The Hall–Kier alpha value is -2.87. The number of benzene rings is 1. The van der Waals surface area contributed by atoms with E-state index in [4.69, 9.17) is 15.7 Å². The molecule has 2 N–H and O–H groups in total. The molecule has 5 nitrogen and oxygen atoms in total. The number of ether oxygens (including phenoxy) is 1. The molecule has 19 heavy (non-hydrogen) atoms. The third-order valence-corrected chi connectivity index (χ3v) is 2.49. The Balaban J connectivity index is 2.05. The van der Waals surface area contributed by atoms with Gasteiger partial charge in [0.15, 0.2) is 0 Å². The number of hydrogen-bond donors (Lipinski definition) is 1. The number of nitrogens with zero attached hydrogens (tertiary/aromatic N) is 2. The van der Waals surface area contributed by atoms with Gasteiger partial charge in [-0.25, -0.2) is 9.78 Å². The SMILES string of the molecule is N#Cc1cc(COC(=O)c2ccccc2N)ccn1. The van der Waals surface area contributed by atoms with E-state index in [2.05, 4.69) is 4.98 Å². The summed E-state index contributed by atoms with van der Waals surface area (Å²) in [5, 5.41) is 8.72. The molecule has 0 aliphatic rings. The highest BCUT2D eigenvalue weighted by molar-refractivity contribution is 5.94. The monoisotopic (exact) mass is 253 g/mol. The van der Waals surface area contributed by atoms with Crippen LogP contribution in [0.25, 0.3) is 0 Å². The van der Waals surface area contributed by atoms with E-state index in [-0.39, 0.29) is 12.3 Å². The summed E-state index contributed by atoms with van der Waals surface area (Å²) in [5.41, 5.74) is 7.38. The third kappa shape index (κ3) is 3.07. The van der Waals surface area contributed by atoms with E-state index in [0.717, 1.165) is 0 Å². The van der Waals surface area contributed by atoms with Crippen molar-refractivity contribution in [3.63, 3.8) is 0 Å². The zero-order valence-electron chi connectivity index (χ0n) is 10.0. The van der Waals surface area contributed by atoms with E-state index in [9.17, 15) is 4.79 Å². The van der Waals surface area contributed by atoms with Crippen LogP contribution in [0.5, 0.6) is 0 Å². The Morgan fingerprint density at radius 2 is 2.16 bits per heavy atom. The smallest absolute Gasteiger partial charge is 0.340 e. The van der Waals surface area contributed by atoms with E-state index < -0.39 is 5.97 Å². The molecule has 0 bridgehead atoms. The molecule has 1 heterocycles. The average Bonchev–Trinajstić information content (AvgIpc) is 2.45. The van der Waals surface area contributed by atoms with Crippen molar-refractivity contribution in [2.24, 2.45) is 0 Å². The summed E-state index contributed by atoms with van der Waals surface area (Å²) in [6, 6.07) is 11.9. The van der Waals surface area contributed by atoms with Crippen molar-refractivity contribution in [1.82, 2.24) is 4.98 Å². The van der Waals surface area contributed by atoms with Crippen molar-refractivity contribution >= 4 is 11.7 Å². The summed E-state index contributed by atoms with van der Waals surface area (Å²) in [6.45, 7) is 0.0738.